The van der Waals surface area contributed by atoms with Gasteiger partial charge in [0.1, 0.15) is 6.61 Å². The topological polar surface area (TPSA) is 74.8 Å². The number of piperidine rings is 1. The van der Waals surface area contributed by atoms with Crippen molar-refractivity contribution in [3.05, 3.63) is 29.1 Å². The Hall–Kier alpha value is -1.99. The quantitative estimate of drug-likeness (QED) is 0.695. The number of hydrogen-bond donors (Lipinski definition) is 1. The lowest BCUT2D eigenvalue weighted by Crippen LogP contribution is -2.40. The zero-order valence-corrected chi connectivity index (χ0v) is 17.0. The van der Waals surface area contributed by atoms with Gasteiger partial charge in [-0.2, -0.15) is 0 Å². The highest BCUT2D eigenvalue weighted by Gasteiger charge is 2.27. The van der Waals surface area contributed by atoms with Gasteiger partial charge in [0, 0.05) is 38.4 Å². The second-order valence-corrected chi connectivity index (χ2v) is 7.39. The molecule has 2 rings (SSSR count). The zero-order chi connectivity index (χ0) is 19.8. The predicted octanol–water partition coefficient (Wildman–Crippen LogP) is 1.42. The second kappa shape index (κ2) is 10.4. The molecule has 0 bridgehead atoms. The lowest BCUT2D eigenvalue weighted by Gasteiger charge is -2.32. The summed E-state index contributed by atoms with van der Waals surface area (Å²) in [5.41, 5.74) is 2.43. The molecule has 1 aliphatic rings. The number of carbonyl (C=O) groups is 2. The summed E-state index contributed by atoms with van der Waals surface area (Å²) in [6, 6.07) is 3.76. The lowest BCUT2D eigenvalue weighted by atomic mass is 9.89. The molecule has 1 aliphatic heterocycles. The number of nitrogens with one attached hydrogen (secondary N) is 1. The number of pyridine rings is 1. The van der Waals surface area contributed by atoms with Crippen LogP contribution in [-0.2, 0) is 9.53 Å². The fourth-order valence-electron chi connectivity index (χ4n) is 3.39. The van der Waals surface area contributed by atoms with Crippen LogP contribution in [-0.4, -0.2) is 80.6 Å². The smallest absolute Gasteiger partial charge is 0.253 e. The Morgan fingerprint density at radius 1 is 1.30 bits per heavy atom. The third-order valence-corrected chi connectivity index (χ3v) is 4.88. The number of aryl methyl sites for hydroxylation is 1. The molecule has 7 nitrogen and oxygen atoms in total. The van der Waals surface area contributed by atoms with E-state index in [1.54, 1.807) is 0 Å². The third-order valence-electron chi connectivity index (χ3n) is 4.88. The number of hydrogen-bond acceptors (Lipinski definition) is 5. The predicted molar refractivity (Wildman–Crippen MR) is 105 cm³/mol. The van der Waals surface area contributed by atoms with E-state index in [0.29, 0.717) is 25.2 Å². The Bertz CT molecular complexity index is 640. The minimum atomic E-state index is -0.0610. The summed E-state index contributed by atoms with van der Waals surface area (Å²) in [6.07, 6.45) is 2.53. The van der Waals surface area contributed by atoms with E-state index >= 15 is 0 Å². The largest absolute Gasteiger partial charge is 0.375 e. The summed E-state index contributed by atoms with van der Waals surface area (Å²) < 4.78 is 4.94. The molecule has 0 spiro atoms. The van der Waals surface area contributed by atoms with Crippen LogP contribution in [0, 0.1) is 6.92 Å². The van der Waals surface area contributed by atoms with Crippen LogP contribution in [0.4, 0.5) is 0 Å². The van der Waals surface area contributed by atoms with Crippen LogP contribution in [0.2, 0.25) is 0 Å². The molecule has 1 aromatic heterocycles. The summed E-state index contributed by atoms with van der Waals surface area (Å²) in [6.45, 7) is 4.99. The molecule has 1 N–H and O–H groups in total. The van der Waals surface area contributed by atoms with Crippen molar-refractivity contribution in [1.82, 2.24) is 20.1 Å². The fourth-order valence-corrected chi connectivity index (χ4v) is 3.39. The maximum atomic E-state index is 12.7. The van der Waals surface area contributed by atoms with Crippen LogP contribution in [0.3, 0.4) is 0 Å². The average molecular weight is 377 g/mol. The van der Waals surface area contributed by atoms with E-state index in [1.165, 1.54) is 7.11 Å². The van der Waals surface area contributed by atoms with Gasteiger partial charge in [-0.05, 0) is 59.0 Å². The van der Waals surface area contributed by atoms with Crippen molar-refractivity contribution in [3.63, 3.8) is 0 Å². The van der Waals surface area contributed by atoms with Crippen molar-refractivity contribution in [1.29, 1.82) is 0 Å². The van der Waals surface area contributed by atoms with Crippen molar-refractivity contribution >= 4 is 11.8 Å². The Morgan fingerprint density at radius 2 is 2.00 bits per heavy atom. The Morgan fingerprint density at radius 3 is 2.63 bits per heavy atom. The van der Waals surface area contributed by atoms with Crippen molar-refractivity contribution in [2.75, 3.05) is 54.0 Å². The molecule has 27 heavy (non-hydrogen) atoms. The Kier molecular flexibility index (Phi) is 8.19. The third kappa shape index (κ3) is 6.29. The number of ether oxygens (including phenoxy) is 1. The molecule has 1 fully saturated rings. The van der Waals surface area contributed by atoms with Crippen LogP contribution >= 0.6 is 0 Å². The highest BCUT2D eigenvalue weighted by Crippen LogP contribution is 2.29. The van der Waals surface area contributed by atoms with Crippen molar-refractivity contribution in [2.45, 2.75) is 32.1 Å². The van der Waals surface area contributed by atoms with E-state index in [0.717, 1.165) is 37.2 Å². The summed E-state index contributed by atoms with van der Waals surface area (Å²) in [5.74, 6) is 0.153. The summed E-state index contributed by atoms with van der Waals surface area (Å²) in [5, 5.41) is 3.01. The molecule has 0 aromatic carbocycles. The highest BCUT2D eigenvalue weighted by molar-refractivity contribution is 5.95. The molecule has 0 atom stereocenters. The van der Waals surface area contributed by atoms with Crippen LogP contribution < -0.4 is 5.32 Å². The fraction of sp³-hybridized carbons (Fsp3) is 0.650. The van der Waals surface area contributed by atoms with Gasteiger partial charge in [-0.25, -0.2) is 0 Å². The standard InChI is InChI=1S/C20H32N4O3/c1-15-6-7-17(20(26)21-10-5-11-23(2)3)19(22-15)16-8-12-24(13-9-16)18(25)14-27-4/h6-7,16H,5,8-14H2,1-4H3,(H,21,26). The first-order valence-electron chi connectivity index (χ1n) is 9.59. The van der Waals surface area contributed by atoms with E-state index < -0.39 is 0 Å². The number of rotatable bonds is 8. The minimum Gasteiger partial charge on any atom is -0.375 e. The van der Waals surface area contributed by atoms with Crippen molar-refractivity contribution < 1.29 is 14.3 Å². The lowest BCUT2D eigenvalue weighted by molar-refractivity contribution is -0.136. The minimum absolute atomic E-state index is 0.0204. The van der Waals surface area contributed by atoms with E-state index in [4.69, 9.17) is 4.74 Å². The van der Waals surface area contributed by atoms with Crippen molar-refractivity contribution in [3.8, 4) is 0 Å². The van der Waals surface area contributed by atoms with Crippen LogP contribution in [0.5, 0.6) is 0 Å². The first-order valence-corrected chi connectivity index (χ1v) is 9.59. The van der Waals surface area contributed by atoms with Crippen molar-refractivity contribution in [2.24, 2.45) is 0 Å². The Balaban J connectivity index is 2.01. The monoisotopic (exact) mass is 376 g/mol. The molecule has 150 valence electrons. The van der Waals surface area contributed by atoms with E-state index in [9.17, 15) is 9.59 Å². The molecule has 2 amide bonds. The van der Waals surface area contributed by atoms with Crippen LogP contribution in [0.25, 0.3) is 0 Å². The maximum Gasteiger partial charge on any atom is 0.253 e. The van der Waals surface area contributed by atoms with Crippen LogP contribution in [0.15, 0.2) is 12.1 Å². The van der Waals surface area contributed by atoms with Gasteiger partial charge < -0.3 is 19.9 Å². The van der Waals surface area contributed by atoms with Gasteiger partial charge >= 0.3 is 0 Å². The summed E-state index contributed by atoms with van der Waals surface area (Å²) in [4.78, 5) is 33.3. The molecular weight excluding hydrogens is 344 g/mol. The summed E-state index contributed by atoms with van der Waals surface area (Å²) in [7, 11) is 5.58. The van der Waals surface area contributed by atoms with E-state index in [1.807, 2.05) is 38.1 Å². The molecule has 2 heterocycles. The van der Waals surface area contributed by atoms with Gasteiger partial charge in [0.25, 0.3) is 5.91 Å². The highest BCUT2D eigenvalue weighted by atomic mass is 16.5. The van der Waals surface area contributed by atoms with Gasteiger partial charge in [-0.15, -0.1) is 0 Å². The number of likely N-dealkylation sites (tertiary alicyclic amines) is 1. The van der Waals surface area contributed by atoms with Gasteiger partial charge in [-0.1, -0.05) is 0 Å². The number of nitrogens with zero attached hydrogens (tertiary/aromatic N) is 3. The molecular formula is C20H32N4O3. The maximum absolute atomic E-state index is 12.7. The molecule has 0 aliphatic carbocycles. The van der Waals surface area contributed by atoms with Gasteiger partial charge in [0.05, 0.1) is 11.3 Å². The molecule has 7 heteroatoms. The van der Waals surface area contributed by atoms with E-state index in [2.05, 4.69) is 15.2 Å². The number of amides is 2. The molecule has 0 unspecified atom stereocenters. The normalized spacial score (nSPS) is 15.2. The molecule has 0 saturated carbocycles. The zero-order valence-electron chi connectivity index (χ0n) is 17.0. The number of methoxy groups -OCH3 is 1. The van der Waals surface area contributed by atoms with Crippen LogP contribution in [0.1, 0.15) is 46.9 Å². The Labute approximate surface area is 162 Å². The van der Waals surface area contributed by atoms with Gasteiger partial charge in [0.15, 0.2) is 0 Å². The summed E-state index contributed by atoms with van der Waals surface area (Å²) >= 11 is 0. The second-order valence-electron chi connectivity index (χ2n) is 7.39. The first-order chi connectivity index (χ1) is 12.9. The molecule has 1 saturated heterocycles. The van der Waals surface area contributed by atoms with Gasteiger partial charge in [0.2, 0.25) is 5.91 Å². The van der Waals surface area contributed by atoms with Gasteiger partial charge in [-0.3, -0.25) is 14.6 Å². The number of carbonyl (C=O) groups excluding carboxylic acids is 2. The number of aromatic nitrogens is 1. The molecule has 1 aromatic rings. The SMILES string of the molecule is COCC(=O)N1CCC(c2nc(C)ccc2C(=O)NCCCN(C)C)CC1. The molecule has 0 radical (unpaired) electrons. The van der Waals surface area contributed by atoms with E-state index in [-0.39, 0.29) is 24.3 Å². The average Bonchev–Trinajstić information content (AvgIpc) is 2.65. The first kappa shape index (κ1) is 21.3.